The van der Waals surface area contributed by atoms with Crippen molar-refractivity contribution >= 4 is 0 Å². The van der Waals surface area contributed by atoms with E-state index in [9.17, 15) is 5.26 Å². The summed E-state index contributed by atoms with van der Waals surface area (Å²) in [4.78, 5) is 0. The molecule has 3 heteroatoms. The Hall–Kier alpha value is -2.47. The van der Waals surface area contributed by atoms with Gasteiger partial charge in [0, 0.05) is 0 Å². The maximum absolute atomic E-state index is 9.38. The molecule has 0 atom stereocenters. The van der Waals surface area contributed by atoms with Crippen LogP contribution in [0.25, 0.3) is 0 Å². The van der Waals surface area contributed by atoms with Crippen LogP contribution in [0.15, 0.2) is 36.4 Å². The fraction of sp³-hybridized carbons (Fsp3) is 0.235. The first-order valence-electron chi connectivity index (χ1n) is 6.39. The summed E-state index contributed by atoms with van der Waals surface area (Å²) in [7, 11) is 3.23. The first-order valence-corrected chi connectivity index (χ1v) is 6.39. The molecule has 0 aliphatic rings. The molecule has 0 bridgehead atoms. The summed E-state index contributed by atoms with van der Waals surface area (Å²) < 4.78 is 10.5. The van der Waals surface area contributed by atoms with Gasteiger partial charge in [-0.25, -0.2) is 0 Å². The van der Waals surface area contributed by atoms with Gasteiger partial charge in [-0.2, -0.15) is 5.26 Å². The van der Waals surface area contributed by atoms with Crippen LogP contribution in [0.1, 0.15) is 22.3 Å². The Labute approximate surface area is 119 Å². The molecule has 0 aromatic heterocycles. The second-order valence-electron chi connectivity index (χ2n) is 4.58. The lowest BCUT2D eigenvalue weighted by molar-refractivity contribution is 0.412. The highest BCUT2D eigenvalue weighted by Gasteiger charge is 2.12. The number of nitrogens with zero attached hydrogens (tertiary/aromatic N) is 1. The number of hydrogen-bond donors (Lipinski definition) is 0. The predicted molar refractivity (Wildman–Crippen MR) is 78.2 cm³/mol. The van der Waals surface area contributed by atoms with Crippen LogP contribution < -0.4 is 9.47 Å². The van der Waals surface area contributed by atoms with Gasteiger partial charge in [0.05, 0.1) is 19.8 Å². The first kappa shape index (κ1) is 14.0. The molecule has 20 heavy (non-hydrogen) atoms. The monoisotopic (exact) mass is 267 g/mol. The van der Waals surface area contributed by atoms with Gasteiger partial charge in [0.2, 0.25) is 0 Å². The predicted octanol–water partition coefficient (Wildman–Crippen LogP) is 3.47. The maximum atomic E-state index is 9.38. The van der Waals surface area contributed by atoms with E-state index < -0.39 is 0 Å². The van der Waals surface area contributed by atoms with E-state index in [1.165, 1.54) is 0 Å². The fourth-order valence-corrected chi connectivity index (χ4v) is 2.24. The molecule has 0 heterocycles. The normalized spacial score (nSPS) is 9.90. The van der Waals surface area contributed by atoms with Crippen LogP contribution in [-0.4, -0.2) is 14.2 Å². The number of benzene rings is 2. The first-order chi connectivity index (χ1) is 9.69. The average molecular weight is 267 g/mol. The third kappa shape index (κ3) is 2.75. The van der Waals surface area contributed by atoms with Gasteiger partial charge in [-0.15, -0.1) is 0 Å². The van der Waals surface area contributed by atoms with Gasteiger partial charge in [-0.1, -0.05) is 18.2 Å². The lowest BCUT2D eigenvalue weighted by atomic mass is 9.95. The van der Waals surface area contributed by atoms with Crippen LogP contribution in [0.4, 0.5) is 0 Å². The average Bonchev–Trinajstić information content (AvgIpc) is 2.49. The zero-order valence-electron chi connectivity index (χ0n) is 11.9. The molecule has 2 aromatic carbocycles. The van der Waals surface area contributed by atoms with E-state index in [2.05, 4.69) is 6.07 Å². The molecule has 102 valence electrons. The highest BCUT2D eigenvalue weighted by Crippen LogP contribution is 2.27. The summed E-state index contributed by atoms with van der Waals surface area (Å²) in [5.74, 6) is 1.44. The Bertz CT molecular complexity index is 657. The molecule has 0 aliphatic heterocycles. The maximum Gasteiger partial charge on any atom is 0.136 e. The topological polar surface area (TPSA) is 42.2 Å². The Balaban J connectivity index is 2.45. The highest BCUT2D eigenvalue weighted by molar-refractivity contribution is 5.53. The molecule has 0 spiro atoms. The number of methoxy groups -OCH3 is 2. The van der Waals surface area contributed by atoms with E-state index in [1.807, 2.05) is 43.3 Å². The van der Waals surface area contributed by atoms with E-state index in [0.717, 1.165) is 22.4 Å². The van der Waals surface area contributed by atoms with Crippen molar-refractivity contribution in [2.45, 2.75) is 13.3 Å². The Morgan fingerprint density at radius 3 is 2.55 bits per heavy atom. The van der Waals surface area contributed by atoms with Crippen LogP contribution in [0.3, 0.4) is 0 Å². The van der Waals surface area contributed by atoms with Gasteiger partial charge in [-0.05, 0) is 48.2 Å². The van der Waals surface area contributed by atoms with Crippen molar-refractivity contribution in [1.29, 1.82) is 5.26 Å². The lowest BCUT2D eigenvalue weighted by Gasteiger charge is -2.12. The highest BCUT2D eigenvalue weighted by atomic mass is 16.5. The Morgan fingerprint density at radius 1 is 1.10 bits per heavy atom. The number of aryl methyl sites for hydroxylation is 1. The van der Waals surface area contributed by atoms with Crippen LogP contribution in [0, 0.1) is 18.3 Å². The quantitative estimate of drug-likeness (QED) is 0.851. The molecule has 0 saturated heterocycles. The van der Waals surface area contributed by atoms with Crippen molar-refractivity contribution in [2.75, 3.05) is 14.2 Å². The number of hydrogen-bond acceptors (Lipinski definition) is 3. The molecule has 0 N–H and O–H groups in total. The van der Waals surface area contributed by atoms with Crippen molar-refractivity contribution in [3.05, 3.63) is 58.7 Å². The van der Waals surface area contributed by atoms with Crippen LogP contribution in [0.5, 0.6) is 11.5 Å². The molecule has 3 nitrogen and oxygen atoms in total. The number of nitriles is 1. The van der Waals surface area contributed by atoms with Crippen molar-refractivity contribution in [3.63, 3.8) is 0 Å². The van der Waals surface area contributed by atoms with Crippen molar-refractivity contribution in [1.82, 2.24) is 0 Å². The second kappa shape index (κ2) is 6.12. The molecular weight excluding hydrogens is 250 g/mol. The van der Waals surface area contributed by atoms with Gasteiger partial charge in [-0.3, -0.25) is 0 Å². The SMILES string of the molecule is COc1cccc(Cc2c(C)ccc(OC)c2C#N)c1. The van der Waals surface area contributed by atoms with Crippen LogP contribution in [-0.2, 0) is 6.42 Å². The molecule has 0 radical (unpaired) electrons. The lowest BCUT2D eigenvalue weighted by Crippen LogP contribution is -1.99. The molecule has 0 unspecified atom stereocenters. The third-order valence-electron chi connectivity index (χ3n) is 3.36. The molecule has 2 aromatic rings. The van der Waals surface area contributed by atoms with Crippen molar-refractivity contribution < 1.29 is 9.47 Å². The third-order valence-corrected chi connectivity index (χ3v) is 3.36. The van der Waals surface area contributed by atoms with Gasteiger partial charge >= 0.3 is 0 Å². The Kier molecular flexibility index (Phi) is 4.27. The van der Waals surface area contributed by atoms with Gasteiger partial charge in [0.1, 0.15) is 17.6 Å². The fourth-order valence-electron chi connectivity index (χ4n) is 2.24. The van der Waals surface area contributed by atoms with E-state index in [4.69, 9.17) is 9.47 Å². The van der Waals surface area contributed by atoms with Gasteiger partial charge in [0.25, 0.3) is 0 Å². The zero-order chi connectivity index (χ0) is 14.5. The molecule has 0 amide bonds. The zero-order valence-corrected chi connectivity index (χ0v) is 11.9. The molecular formula is C17H17NO2. The van der Waals surface area contributed by atoms with Crippen LogP contribution in [0.2, 0.25) is 0 Å². The minimum absolute atomic E-state index is 0.607. The minimum Gasteiger partial charge on any atom is -0.497 e. The van der Waals surface area contributed by atoms with E-state index in [0.29, 0.717) is 17.7 Å². The summed E-state index contributed by atoms with van der Waals surface area (Å²) in [5.41, 5.74) is 3.80. The van der Waals surface area contributed by atoms with Crippen molar-refractivity contribution in [3.8, 4) is 17.6 Å². The molecule has 0 fully saturated rings. The van der Waals surface area contributed by atoms with Gasteiger partial charge < -0.3 is 9.47 Å². The number of rotatable bonds is 4. The summed E-state index contributed by atoms with van der Waals surface area (Å²) >= 11 is 0. The van der Waals surface area contributed by atoms with Gasteiger partial charge in [0.15, 0.2) is 0 Å². The van der Waals surface area contributed by atoms with Crippen LogP contribution >= 0.6 is 0 Å². The number of ether oxygens (including phenoxy) is 2. The molecule has 0 aliphatic carbocycles. The van der Waals surface area contributed by atoms with E-state index >= 15 is 0 Å². The molecule has 2 rings (SSSR count). The summed E-state index contributed by atoms with van der Waals surface area (Å²) in [6, 6.07) is 13.9. The summed E-state index contributed by atoms with van der Waals surface area (Å²) in [6.45, 7) is 2.01. The smallest absolute Gasteiger partial charge is 0.136 e. The summed E-state index contributed by atoms with van der Waals surface area (Å²) in [6.07, 6.45) is 0.684. The van der Waals surface area contributed by atoms with E-state index in [1.54, 1.807) is 14.2 Å². The standard InChI is InChI=1S/C17H17NO2/c1-12-7-8-17(20-3)16(11-18)15(12)10-13-5-4-6-14(9-13)19-2/h4-9H,10H2,1-3H3. The minimum atomic E-state index is 0.607. The molecule has 0 saturated carbocycles. The van der Waals surface area contributed by atoms with Crippen molar-refractivity contribution in [2.24, 2.45) is 0 Å². The second-order valence-corrected chi connectivity index (χ2v) is 4.58. The van der Waals surface area contributed by atoms with E-state index in [-0.39, 0.29) is 0 Å². The Morgan fingerprint density at radius 2 is 1.90 bits per heavy atom. The largest absolute Gasteiger partial charge is 0.497 e. The summed E-state index contributed by atoms with van der Waals surface area (Å²) in [5, 5.41) is 9.38.